The van der Waals surface area contributed by atoms with Gasteiger partial charge in [-0.1, -0.05) is 30.3 Å². The van der Waals surface area contributed by atoms with Gasteiger partial charge in [0.25, 0.3) is 0 Å². The van der Waals surface area contributed by atoms with Crippen molar-refractivity contribution >= 4 is 11.8 Å². The van der Waals surface area contributed by atoms with Gasteiger partial charge < -0.3 is 4.74 Å². The highest BCUT2D eigenvalue weighted by molar-refractivity contribution is 5.85. The molecule has 1 amide bonds. The molecule has 0 aromatic heterocycles. The van der Waals surface area contributed by atoms with Crippen molar-refractivity contribution in [3.63, 3.8) is 0 Å². The van der Waals surface area contributed by atoms with Gasteiger partial charge in [-0.05, 0) is 29.8 Å². The average Bonchev–Trinajstić information content (AvgIpc) is 2.58. The van der Waals surface area contributed by atoms with Crippen molar-refractivity contribution in [3.05, 3.63) is 66.0 Å². The normalized spacial score (nSPS) is 12.5. The van der Waals surface area contributed by atoms with Crippen molar-refractivity contribution in [2.24, 2.45) is 0 Å². The Labute approximate surface area is 141 Å². The van der Waals surface area contributed by atoms with E-state index in [4.69, 9.17) is 4.84 Å². The predicted octanol–water partition coefficient (Wildman–Crippen LogP) is 5.02. The fraction of sp³-hybridized carbons (Fsp3) is 0.235. The van der Waals surface area contributed by atoms with Gasteiger partial charge in [-0.25, -0.2) is 9.18 Å². The molecular weight excluding hydrogens is 342 g/mol. The van der Waals surface area contributed by atoms with Crippen LogP contribution in [-0.4, -0.2) is 19.4 Å². The maximum atomic E-state index is 13.1. The standard InChI is InChI=1S/C17H15F4NO3/c1-24-16(23)22(14-5-3-2-4-6-14)25-15(11-17(19,20)21)12-7-9-13(18)10-8-12/h2-10,15H,11H2,1H3. The molecular formula is C17H15F4NO3. The number of ether oxygens (including phenoxy) is 1. The first-order valence-corrected chi connectivity index (χ1v) is 7.22. The summed E-state index contributed by atoms with van der Waals surface area (Å²) in [5.41, 5.74) is 0.271. The Hall–Kier alpha value is -2.61. The van der Waals surface area contributed by atoms with E-state index in [9.17, 15) is 22.4 Å². The minimum atomic E-state index is -4.56. The summed E-state index contributed by atoms with van der Waals surface area (Å²) >= 11 is 0. The summed E-state index contributed by atoms with van der Waals surface area (Å²) in [6.07, 6.45) is -8.46. The highest BCUT2D eigenvalue weighted by Crippen LogP contribution is 2.34. The first kappa shape index (κ1) is 18.7. The highest BCUT2D eigenvalue weighted by Gasteiger charge is 2.36. The molecule has 0 heterocycles. The summed E-state index contributed by atoms with van der Waals surface area (Å²) in [6.45, 7) is 0. The molecule has 134 valence electrons. The van der Waals surface area contributed by atoms with E-state index in [0.29, 0.717) is 5.06 Å². The Balaban J connectivity index is 2.34. The summed E-state index contributed by atoms with van der Waals surface area (Å²) in [6, 6.07) is 12.2. The molecule has 25 heavy (non-hydrogen) atoms. The van der Waals surface area contributed by atoms with E-state index in [1.165, 1.54) is 24.3 Å². The second kappa shape index (κ2) is 7.98. The second-order valence-corrected chi connectivity index (χ2v) is 5.06. The first-order chi connectivity index (χ1) is 11.8. The maximum absolute atomic E-state index is 13.1. The van der Waals surface area contributed by atoms with Crippen LogP contribution >= 0.6 is 0 Å². The maximum Gasteiger partial charge on any atom is 0.438 e. The molecule has 4 nitrogen and oxygen atoms in total. The summed E-state index contributed by atoms with van der Waals surface area (Å²) in [5.74, 6) is -0.595. The molecule has 2 aromatic rings. The van der Waals surface area contributed by atoms with Crippen molar-refractivity contribution in [3.8, 4) is 0 Å². The third-order valence-electron chi connectivity index (χ3n) is 3.22. The lowest BCUT2D eigenvalue weighted by Gasteiger charge is -2.27. The van der Waals surface area contributed by atoms with Gasteiger partial charge in [-0.3, -0.25) is 4.84 Å². The summed E-state index contributed by atoms with van der Waals surface area (Å²) in [4.78, 5) is 17.2. The van der Waals surface area contributed by atoms with Crippen LogP contribution in [0.2, 0.25) is 0 Å². The number of carbonyl (C=O) groups is 1. The highest BCUT2D eigenvalue weighted by atomic mass is 19.4. The number of methoxy groups -OCH3 is 1. The topological polar surface area (TPSA) is 38.8 Å². The number of anilines is 1. The largest absolute Gasteiger partial charge is 0.451 e. The van der Waals surface area contributed by atoms with E-state index in [1.807, 2.05) is 0 Å². The molecule has 0 aliphatic rings. The fourth-order valence-electron chi connectivity index (χ4n) is 2.09. The zero-order valence-electron chi connectivity index (χ0n) is 13.2. The van der Waals surface area contributed by atoms with Gasteiger partial charge in [-0.15, -0.1) is 0 Å². The number of para-hydroxylation sites is 1. The zero-order chi connectivity index (χ0) is 18.4. The number of halogens is 4. The van der Waals surface area contributed by atoms with Crippen LogP contribution in [0.3, 0.4) is 0 Å². The lowest BCUT2D eigenvalue weighted by atomic mass is 10.1. The van der Waals surface area contributed by atoms with E-state index in [2.05, 4.69) is 4.74 Å². The lowest BCUT2D eigenvalue weighted by Crippen LogP contribution is -2.34. The Morgan fingerprint density at radius 3 is 2.20 bits per heavy atom. The van der Waals surface area contributed by atoms with Crippen molar-refractivity contribution in [1.82, 2.24) is 0 Å². The molecule has 0 saturated carbocycles. The van der Waals surface area contributed by atoms with Crippen LogP contribution in [0.4, 0.5) is 28.0 Å². The molecule has 8 heteroatoms. The summed E-state index contributed by atoms with van der Waals surface area (Å²) in [5, 5.41) is 0.639. The van der Waals surface area contributed by atoms with Crippen LogP contribution in [0, 0.1) is 5.82 Å². The number of hydroxylamine groups is 1. The van der Waals surface area contributed by atoms with Crippen molar-refractivity contribution in [1.29, 1.82) is 0 Å². The van der Waals surface area contributed by atoms with E-state index in [0.717, 1.165) is 19.2 Å². The number of hydrogen-bond donors (Lipinski definition) is 0. The van der Waals surface area contributed by atoms with E-state index in [-0.39, 0.29) is 11.3 Å². The molecule has 1 atom stereocenters. The SMILES string of the molecule is COC(=O)N(OC(CC(F)(F)F)c1ccc(F)cc1)c1ccccc1. The first-order valence-electron chi connectivity index (χ1n) is 7.22. The third-order valence-corrected chi connectivity index (χ3v) is 3.22. The number of amides is 1. The Bertz CT molecular complexity index is 689. The molecule has 0 bridgehead atoms. The minimum Gasteiger partial charge on any atom is -0.451 e. The van der Waals surface area contributed by atoms with Crippen molar-refractivity contribution < 1.29 is 31.9 Å². The monoisotopic (exact) mass is 357 g/mol. The van der Waals surface area contributed by atoms with Gasteiger partial charge in [0.05, 0.1) is 19.2 Å². The predicted molar refractivity (Wildman–Crippen MR) is 82.2 cm³/mol. The number of nitrogens with zero attached hydrogens (tertiary/aromatic N) is 1. The molecule has 2 aromatic carbocycles. The van der Waals surface area contributed by atoms with E-state index >= 15 is 0 Å². The molecule has 1 unspecified atom stereocenters. The van der Waals surface area contributed by atoms with Gasteiger partial charge in [0.15, 0.2) is 0 Å². The molecule has 0 N–H and O–H groups in total. The van der Waals surface area contributed by atoms with Crippen LogP contribution in [0.15, 0.2) is 54.6 Å². The van der Waals surface area contributed by atoms with Crippen molar-refractivity contribution in [2.75, 3.05) is 12.2 Å². The van der Waals surface area contributed by atoms with Crippen LogP contribution in [0.1, 0.15) is 18.1 Å². The second-order valence-electron chi connectivity index (χ2n) is 5.06. The van der Waals surface area contributed by atoms with Crippen LogP contribution < -0.4 is 5.06 Å². The molecule has 0 saturated heterocycles. The Kier molecular flexibility index (Phi) is 5.97. The van der Waals surface area contributed by atoms with Gasteiger partial charge in [0, 0.05) is 0 Å². The lowest BCUT2D eigenvalue weighted by molar-refractivity contribution is -0.162. The molecule has 0 aliphatic heterocycles. The summed E-state index contributed by atoms with van der Waals surface area (Å²) < 4.78 is 56.4. The number of rotatable bonds is 5. The van der Waals surface area contributed by atoms with Crippen LogP contribution in [-0.2, 0) is 9.57 Å². The smallest absolute Gasteiger partial charge is 0.438 e. The van der Waals surface area contributed by atoms with Gasteiger partial charge in [0.1, 0.15) is 11.9 Å². The molecule has 0 radical (unpaired) electrons. The van der Waals surface area contributed by atoms with Crippen LogP contribution in [0.5, 0.6) is 0 Å². The number of hydrogen-bond acceptors (Lipinski definition) is 3. The number of alkyl halides is 3. The Morgan fingerprint density at radius 2 is 1.68 bits per heavy atom. The summed E-state index contributed by atoms with van der Waals surface area (Å²) in [7, 11) is 1.08. The quantitative estimate of drug-likeness (QED) is 0.557. The molecule has 0 aliphatic carbocycles. The van der Waals surface area contributed by atoms with Gasteiger partial charge in [0.2, 0.25) is 0 Å². The zero-order valence-corrected chi connectivity index (χ0v) is 13.2. The molecule has 0 fully saturated rings. The minimum absolute atomic E-state index is 0.0727. The van der Waals surface area contributed by atoms with Gasteiger partial charge in [-0.2, -0.15) is 18.2 Å². The number of benzene rings is 2. The average molecular weight is 357 g/mol. The molecule has 2 rings (SSSR count). The third kappa shape index (κ3) is 5.46. The molecule has 0 spiro atoms. The Morgan fingerprint density at radius 1 is 1.08 bits per heavy atom. The van der Waals surface area contributed by atoms with Crippen LogP contribution in [0.25, 0.3) is 0 Å². The van der Waals surface area contributed by atoms with E-state index in [1.54, 1.807) is 18.2 Å². The van der Waals surface area contributed by atoms with Gasteiger partial charge >= 0.3 is 12.3 Å². The van der Waals surface area contributed by atoms with Crippen molar-refractivity contribution in [2.45, 2.75) is 18.7 Å². The fourth-order valence-corrected chi connectivity index (χ4v) is 2.09. The number of carbonyl (C=O) groups excluding carboxylic acids is 1. The van der Waals surface area contributed by atoms with E-state index < -0.39 is 30.6 Å².